The summed E-state index contributed by atoms with van der Waals surface area (Å²) in [5.74, 6) is 0.772. The molecule has 0 unspecified atom stereocenters. The van der Waals surface area contributed by atoms with Gasteiger partial charge < -0.3 is 10.1 Å². The average molecular weight is 418 g/mol. The van der Waals surface area contributed by atoms with Gasteiger partial charge in [-0.05, 0) is 49.6 Å². The van der Waals surface area contributed by atoms with Crippen LogP contribution in [0.5, 0.6) is 5.75 Å². The molecular weight excluding hydrogens is 400 g/mol. The van der Waals surface area contributed by atoms with E-state index in [0.717, 1.165) is 26.9 Å². The number of benzene rings is 1. The van der Waals surface area contributed by atoms with E-state index < -0.39 is 0 Å². The van der Waals surface area contributed by atoms with E-state index in [1.807, 2.05) is 13.2 Å². The van der Waals surface area contributed by atoms with E-state index in [0.29, 0.717) is 12.6 Å². The topological polar surface area (TPSA) is 52.0 Å². The Kier molecular flexibility index (Phi) is 5.78. The van der Waals surface area contributed by atoms with Gasteiger partial charge in [0.25, 0.3) is 0 Å². The molecule has 0 bridgehead atoms. The third-order valence-electron chi connectivity index (χ3n) is 2.79. The maximum atomic E-state index is 5.82. The minimum absolute atomic E-state index is 0.384. The van der Waals surface area contributed by atoms with E-state index in [2.05, 4.69) is 73.5 Å². The average Bonchev–Trinajstić information content (AvgIpc) is 2.81. The molecule has 1 aromatic heterocycles. The van der Waals surface area contributed by atoms with Crippen LogP contribution in [0.15, 0.2) is 27.3 Å². The van der Waals surface area contributed by atoms with Crippen molar-refractivity contribution in [2.24, 2.45) is 7.05 Å². The quantitative estimate of drug-likeness (QED) is 0.782. The van der Waals surface area contributed by atoms with Gasteiger partial charge in [0.2, 0.25) is 0 Å². The summed E-state index contributed by atoms with van der Waals surface area (Å²) in [5.41, 5.74) is 1.98. The van der Waals surface area contributed by atoms with Gasteiger partial charge in [-0.3, -0.25) is 4.68 Å². The summed E-state index contributed by atoms with van der Waals surface area (Å²) in [6.07, 6.45) is 1.84. The van der Waals surface area contributed by atoms with Gasteiger partial charge in [0.1, 0.15) is 18.1 Å². The Hall–Kier alpha value is -0.920. The predicted molar refractivity (Wildman–Crippen MR) is 89.2 cm³/mol. The van der Waals surface area contributed by atoms with Crippen molar-refractivity contribution in [3.63, 3.8) is 0 Å². The molecule has 0 saturated carbocycles. The fourth-order valence-corrected chi connectivity index (χ4v) is 3.29. The zero-order valence-electron chi connectivity index (χ0n) is 12.2. The van der Waals surface area contributed by atoms with E-state index in [1.165, 1.54) is 5.56 Å². The highest BCUT2D eigenvalue weighted by Gasteiger charge is 2.10. The second-order valence-corrected chi connectivity index (χ2v) is 6.81. The fourth-order valence-electron chi connectivity index (χ4n) is 1.78. The standard InChI is InChI=1S/C14H18Br2N4O/c1-9(2)17-6-10-4-12(15)14(13(16)5-10)21-8-11-7-20(3)19-18-11/h4-5,7,9,17H,6,8H2,1-3H3. The molecule has 0 saturated heterocycles. The van der Waals surface area contributed by atoms with Crippen molar-refractivity contribution >= 4 is 31.9 Å². The first kappa shape index (κ1) is 16.5. The van der Waals surface area contributed by atoms with Crippen molar-refractivity contribution in [1.82, 2.24) is 20.3 Å². The Morgan fingerprint density at radius 1 is 1.29 bits per heavy atom. The highest BCUT2D eigenvalue weighted by molar-refractivity contribution is 9.11. The number of aromatic nitrogens is 3. The second kappa shape index (κ2) is 7.38. The van der Waals surface area contributed by atoms with Gasteiger partial charge in [-0.25, -0.2) is 0 Å². The Labute approximate surface area is 141 Å². The summed E-state index contributed by atoms with van der Waals surface area (Å²) < 4.78 is 9.31. The van der Waals surface area contributed by atoms with Gasteiger partial charge in [-0.1, -0.05) is 19.1 Å². The zero-order chi connectivity index (χ0) is 15.4. The molecule has 7 heteroatoms. The van der Waals surface area contributed by atoms with Gasteiger partial charge in [0.15, 0.2) is 0 Å². The maximum Gasteiger partial charge on any atom is 0.148 e. The first-order chi connectivity index (χ1) is 9.95. The van der Waals surface area contributed by atoms with E-state index in [1.54, 1.807) is 4.68 Å². The van der Waals surface area contributed by atoms with Crippen molar-refractivity contribution in [3.8, 4) is 5.75 Å². The molecule has 21 heavy (non-hydrogen) atoms. The molecule has 0 spiro atoms. The van der Waals surface area contributed by atoms with Crippen molar-refractivity contribution in [1.29, 1.82) is 0 Å². The number of rotatable bonds is 6. The monoisotopic (exact) mass is 416 g/mol. The van der Waals surface area contributed by atoms with Crippen molar-refractivity contribution < 1.29 is 4.74 Å². The van der Waals surface area contributed by atoms with Crippen molar-refractivity contribution in [2.45, 2.75) is 33.0 Å². The van der Waals surface area contributed by atoms with E-state index in [4.69, 9.17) is 4.74 Å². The lowest BCUT2D eigenvalue weighted by molar-refractivity contribution is 0.297. The largest absolute Gasteiger partial charge is 0.485 e. The molecule has 1 N–H and O–H groups in total. The van der Waals surface area contributed by atoms with Crippen LogP contribution in [0.3, 0.4) is 0 Å². The van der Waals surface area contributed by atoms with Gasteiger partial charge in [0.05, 0.1) is 15.1 Å². The zero-order valence-corrected chi connectivity index (χ0v) is 15.4. The molecule has 5 nitrogen and oxygen atoms in total. The summed E-state index contributed by atoms with van der Waals surface area (Å²) in [5, 5.41) is 11.3. The number of hydrogen-bond donors (Lipinski definition) is 1. The number of hydrogen-bond acceptors (Lipinski definition) is 4. The normalized spacial score (nSPS) is 11.1. The predicted octanol–water partition coefficient (Wildman–Crippen LogP) is 3.42. The SMILES string of the molecule is CC(C)NCc1cc(Br)c(OCc2cn(C)nn2)c(Br)c1. The van der Waals surface area contributed by atoms with Gasteiger partial charge in [0, 0.05) is 19.6 Å². The lowest BCUT2D eigenvalue weighted by Gasteiger charge is -2.13. The number of halogens is 2. The summed E-state index contributed by atoms with van der Waals surface area (Å²) in [4.78, 5) is 0. The molecule has 1 aromatic carbocycles. The Morgan fingerprint density at radius 3 is 2.48 bits per heavy atom. The molecule has 0 aliphatic heterocycles. The van der Waals surface area contributed by atoms with Crippen LogP contribution in [0.25, 0.3) is 0 Å². The first-order valence-electron chi connectivity index (χ1n) is 6.65. The number of aryl methyl sites for hydroxylation is 1. The number of nitrogens with one attached hydrogen (secondary N) is 1. The smallest absolute Gasteiger partial charge is 0.148 e. The molecule has 0 aliphatic carbocycles. The summed E-state index contributed by atoms with van der Waals surface area (Å²) in [6, 6.07) is 4.58. The maximum absolute atomic E-state index is 5.82. The third-order valence-corrected chi connectivity index (χ3v) is 3.97. The van der Waals surface area contributed by atoms with Crippen LogP contribution in [0.4, 0.5) is 0 Å². The molecule has 0 atom stereocenters. The minimum Gasteiger partial charge on any atom is -0.485 e. The van der Waals surface area contributed by atoms with Crippen molar-refractivity contribution in [3.05, 3.63) is 38.5 Å². The molecule has 0 aliphatic rings. The molecular formula is C14H18Br2N4O. The molecule has 2 aromatic rings. The van der Waals surface area contributed by atoms with Crippen molar-refractivity contribution in [2.75, 3.05) is 0 Å². The summed E-state index contributed by atoms with van der Waals surface area (Å²) in [7, 11) is 1.83. The summed E-state index contributed by atoms with van der Waals surface area (Å²) in [6.45, 7) is 5.46. The van der Waals surface area contributed by atoms with Crippen LogP contribution >= 0.6 is 31.9 Å². The lowest BCUT2D eigenvalue weighted by Crippen LogP contribution is -2.21. The van der Waals surface area contributed by atoms with Gasteiger partial charge in [-0.2, -0.15) is 0 Å². The van der Waals surface area contributed by atoms with Crippen LogP contribution in [0.2, 0.25) is 0 Å². The minimum atomic E-state index is 0.384. The lowest BCUT2D eigenvalue weighted by atomic mass is 10.2. The van der Waals surface area contributed by atoms with Crippen LogP contribution in [-0.2, 0) is 20.2 Å². The molecule has 0 radical (unpaired) electrons. The highest BCUT2D eigenvalue weighted by atomic mass is 79.9. The molecule has 0 fully saturated rings. The fraction of sp³-hybridized carbons (Fsp3) is 0.429. The first-order valence-corrected chi connectivity index (χ1v) is 8.23. The van der Waals surface area contributed by atoms with Gasteiger partial charge in [-0.15, -0.1) is 5.10 Å². The van der Waals surface area contributed by atoms with Crippen LogP contribution in [-0.4, -0.2) is 21.0 Å². The second-order valence-electron chi connectivity index (χ2n) is 5.10. The van der Waals surface area contributed by atoms with Gasteiger partial charge >= 0.3 is 0 Å². The Bertz CT molecular complexity index is 590. The highest BCUT2D eigenvalue weighted by Crippen LogP contribution is 2.35. The molecule has 1 heterocycles. The molecule has 114 valence electrons. The number of nitrogens with zero attached hydrogens (tertiary/aromatic N) is 3. The van der Waals surface area contributed by atoms with Crippen LogP contribution in [0, 0.1) is 0 Å². The van der Waals surface area contributed by atoms with Crippen LogP contribution in [0.1, 0.15) is 25.1 Å². The molecule has 0 amide bonds. The third kappa shape index (κ3) is 4.79. The Morgan fingerprint density at radius 2 is 1.95 bits per heavy atom. The van der Waals surface area contributed by atoms with Crippen LogP contribution < -0.4 is 10.1 Å². The summed E-state index contributed by atoms with van der Waals surface area (Å²) >= 11 is 7.12. The van der Waals surface area contributed by atoms with E-state index >= 15 is 0 Å². The van der Waals surface area contributed by atoms with E-state index in [-0.39, 0.29) is 0 Å². The Balaban J connectivity index is 2.06. The molecule has 2 rings (SSSR count). The van der Waals surface area contributed by atoms with E-state index in [9.17, 15) is 0 Å². The number of ether oxygens (including phenoxy) is 1.